The monoisotopic (exact) mass is 353 g/mol. The second-order valence-electron chi connectivity index (χ2n) is 4.39. The van der Waals surface area contributed by atoms with E-state index in [1.807, 2.05) is 25.1 Å². The Hall–Kier alpha value is -1.75. The maximum absolute atomic E-state index is 13.1. The molecule has 0 spiro atoms. The van der Waals surface area contributed by atoms with Crippen molar-refractivity contribution in [2.45, 2.75) is 13.5 Å². The van der Waals surface area contributed by atoms with Gasteiger partial charge in [0.25, 0.3) is 0 Å². The van der Waals surface area contributed by atoms with Gasteiger partial charge in [0, 0.05) is 22.8 Å². The van der Waals surface area contributed by atoms with Gasteiger partial charge in [-0.1, -0.05) is 22.0 Å². The Labute approximate surface area is 132 Å². The summed E-state index contributed by atoms with van der Waals surface area (Å²) in [6, 6.07) is 10.3. The van der Waals surface area contributed by atoms with E-state index >= 15 is 0 Å². The largest absolute Gasteiger partial charge is 0.493 e. The zero-order valence-electron chi connectivity index (χ0n) is 12.0. The van der Waals surface area contributed by atoms with E-state index in [0.29, 0.717) is 24.7 Å². The van der Waals surface area contributed by atoms with Crippen LogP contribution in [-0.4, -0.2) is 13.7 Å². The zero-order valence-corrected chi connectivity index (χ0v) is 13.5. The van der Waals surface area contributed by atoms with E-state index in [1.54, 1.807) is 13.2 Å². The number of halogens is 2. The third-order valence-electron chi connectivity index (χ3n) is 2.96. The van der Waals surface area contributed by atoms with Crippen LogP contribution >= 0.6 is 15.9 Å². The highest BCUT2D eigenvalue weighted by molar-refractivity contribution is 9.10. The Morgan fingerprint density at radius 1 is 1.14 bits per heavy atom. The Balaban J connectivity index is 2.10. The van der Waals surface area contributed by atoms with Crippen molar-refractivity contribution in [3.8, 4) is 11.5 Å². The lowest BCUT2D eigenvalue weighted by Crippen LogP contribution is -2.02. The highest BCUT2D eigenvalue weighted by atomic mass is 79.9. The molecule has 2 rings (SSSR count). The minimum Gasteiger partial charge on any atom is -0.493 e. The Bertz CT molecular complexity index is 619. The quantitative estimate of drug-likeness (QED) is 0.822. The van der Waals surface area contributed by atoms with E-state index in [1.165, 1.54) is 12.1 Å². The van der Waals surface area contributed by atoms with Gasteiger partial charge in [-0.2, -0.15) is 0 Å². The van der Waals surface area contributed by atoms with Gasteiger partial charge in [0.15, 0.2) is 11.5 Å². The number of benzene rings is 2. The first-order chi connectivity index (χ1) is 10.1. The topological polar surface area (TPSA) is 30.5 Å². The summed E-state index contributed by atoms with van der Waals surface area (Å²) >= 11 is 3.36. The third kappa shape index (κ3) is 4.11. The molecule has 0 aromatic heterocycles. The summed E-state index contributed by atoms with van der Waals surface area (Å²) in [4.78, 5) is 0. The molecule has 2 aromatic carbocycles. The molecule has 0 aliphatic heterocycles. The van der Waals surface area contributed by atoms with Crippen LogP contribution in [0.2, 0.25) is 0 Å². The molecule has 112 valence electrons. The minimum atomic E-state index is -0.256. The first kappa shape index (κ1) is 15.6. The molecule has 0 saturated carbocycles. The van der Waals surface area contributed by atoms with Gasteiger partial charge in [0.1, 0.15) is 5.82 Å². The number of methoxy groups -OCH3 is 1. The highest BCUT2D eigenvalue weighted by Gasteiger charge is 2.06. The molecule has 0 amide bonds. The number of anilines is 1. The summed E-state index contributed by atoms with van der Waals surface area (Å²) in [5.41, 5.74) is 1.89. The van der Waals surface area contributed by atoms with Crippen LogP contribution in [0.4, 0.5) is 10.1 Å². The molecule has 0 fully saturated rings. The summed E-state index contributed by atoms with van der Waals surface area (Å²) < 4.78 is 24.6. The summed E-state index contributed by atoms with van der Waals surface area (Å²) in [5.74, 6) is 1.14. The summed E-state index contributed by atoms with van der Waals surface area (Å²) in [6.45, 7) is 3.08. The second kappa shape index (κ2) is 7.31. The van der Waals surface area contributed by atoms with Gasteiger partial charge in [-0.05, 0) is 36.8 Å². The van der Waals surface area contributed by atoms with Gasteiger partial charge in [-0.3, -0.25) is 0 Å². The first-order valence-corrected chi connectivity index (χ1v) is 7.42. The molecule has 0 aliphatic carbocycles. The number of nitrogens with one attached hydrogen (secondary N) is 1. The Morgan fingerprint density at radius 2 is 1.95 bits per heavy atom. The zero-order chi connectivity index (χ0) is 15.2. The maximum Gasteiger partial charge on any atom is 0.163 e. The van der Waals surface area contributed by atoms with E-state index < -0.39 is 0 Å². The molecule has 0 radical (unpaired) electrons. The van der Waals surface area contributed by atoms with Gasteiger partial charge >= 0.3 is 0 Å². The van der Waals surface area contributed by atoms with E-state index in [4.69, 9.17) is 9.47 Å². The lowest BCUT2D eigenvalue weighted by Gasteiger charge is -2.13. The molecular weight excluding hydrogens is 337 g/mol. The standard InChI is InChI=1S/C16H17BrFNO2/c1-3-21-16-9-13(6-7-15(16)20-2)19-10-11-4-5-12(18)8-14(11)17/h4-9,19H,3,10H2,1-2H3. The molecule has 0 bridgehead atoms. The summed E-state index contributed by atoms with van der Waals surface area (Å²) in [6.07, 6.45) is 0. The van der Waals surface area contributed by atoms with E-state index in [-0.39, 0.29) is 5.82 Å². The fourth-order valence-corrected chi connectivity index (χ4v) is 2.41. The van der Waals surface area contributed by atoms with Crippen LogP contribution in [0.1, 0.15) is 12.5 Å². The van der Waals surface area contributed by atoms with Crippen LogP contribution in [0.3, 0.4) is 0 Å². The van der Waals surface area contributed by atoms with Crippen molar-refractivity contribution in [2.24, 2.45) is 0 Å². The van der Waals surface area contributed by atoms with Crippen molar-refractivity contribution in [2.75, 3.05) is 19.0 Å². The predicted molar refractivity (Wildman–Crippen MR) is 85.6 cm³/mol. The number of hydrogen-bond donors (Lipinski definition) is 1. The molecule has 0 saturated heterocycles. The molecule has 1 N–H and O–H groups in total. The van der Waals surface area contributed by atoms with Crippen molar-refractivity contribution in [3.63, 3.8) is 0 Å². The van der Waals surface area contributed by atoms with Gasteiger partial charge in [0.05, 0.1) is 13.7 Å². The fraction of sp³-hybridized carbons (Fsp3) is 0.250. The third-order valence-corrected chi connectivity index (χ3v) is 3.70. The molecule has 0 atom stereocenters. The molecule has 0 heterocycles. The van der Waals surface area contributed by atoms with Crippen LogP contribution in [0.25, 0.3) is 0 Å². The average molecular weight is 354 g/mol. The van der Waals surface area contributed by atoms with E-state index in [0.717, 1.165) is 15.7 Å². The van der Waals surface area contributed by atoms with Crippen LogP contribution < -0.4 is 14.8 Å². The fourth-order valence-electron chi connectivity index (χ4n) is 1.92. The molecular formula is C16H17BrFNO2. The average Bonchev–Trinajstić information content (AvgIpc) is 2.47. The van der Waals surface area contributed by atoms with Gasteiger partial charge in [-0.25, -0.2) is 4.39 Å². The van der Waals surface area contributed by atoms with Crippen LogP contribution in [-0.2, 0) is 6.54 Å². The summed E-state index contributed by atoms with van der Waals surface area (Å²) in [7, 11) is 1.61. The Kier molecular flexibility index (Phi) is 5.44. The molecule has 3 nitrogen and oxygen atoms in total. The predicted octanol–water partition coefficient (Wildman–Crippen LogP) is 4.61. The van der Waals surface area contributed by atoms with Crippen LogP contribution in [0.15, 0.2) is 40.9 Å². The van der Waals surface area contributed by atoms with Crippen LogP contribution in [0, 0.1) is 5.82 Å². The van der Waals surface area contributed by atoms with Crippen molar-refractivity contribution in [1.82, 2.24) is 0 Å². The van der Waals surface area contributed by atoms with E-state index in [2.05, 4.69) is 21.2 Å². The van der Waals surface area contributed by atoms with Crippen molar-refractivity contribution >= 4 is 21.6 Å². The molecule has 2 aromatic rings. The molecule has 0 unspecified atom stereocenters. The van der Waals surface area contributed by atoms with Gasteiger partial charge in [0.2, 0.25) is 0 Å². The van der Waals surface area contributed by atoms with Gasteiger partial charge in [-0.15, -0.1) is 0 Å². The molecule has 5 heteroatoms. The molecule has 0 aliphatic rings. The smallest absolute Gasteiger partial charge is 0.163 e. The number of hydrogen-bond acceptors (Lipinski definition) is 3. The second-order valence-corrected chi connectivity index (χ2v) is 5.24. The number of rotatable bonds is 6. The lowest BCUT2D eigenvalue weighted by molar-refractivity contribution is 0.311. The highest BCUT2D eigenvalue weighted by Crippen LogP contribution is 2.30. The van der Waals surface area contributed by atoms with Crippen molar-refractivity contribution in [3.05, 3.63) is 52.3 Å². The van der Waals surface area contributed by atoms with Gasteiger partial charge < -0.3 is 14.8 Å². The normalized spacial score (nSPS) is 10.3. The summed E-state index contributed by atoms with van der Waals surface area (Å²) in [5, 5.41) is 3.28. The minimum absolute atomic E-state index is 0.256. The van der Waals surface area contributed by atoms with E-state index in [9.17, 15) is 4.39 Å². The van der Waals surface area contributed by atoms with Crippen molar-refractivity contribution in [1.29, 1.82) is 0 Å². The first-order valence-electron chi connectivity index (χ1n) is 6.62. The SMILES string of the molecule is CCOc1cc(NCc2ccc(F)cc2Br)ccc1OC. The number of ether oxygens (including phenoxy) is 2. The molecule has 21 heavy (non-hydrogen) atoms. The van der Waals surface area contributed by atoms with Crippen molar-refractivity contribution < 1.29 is 13.9 Å². The lowest BCUT2D eigenvalue weighted by atomic mass is 10.2. The Morgan fingerprint density at radius 3 is 2.62 bits per heavy atom. The van der Waals surface area contributed by atoms with Crippen LogP contribution in [0.5, 0.6) is 11.5 Å². The maximum atomic E-state index is 13.1.